The van der Waals surface area contributed by atoms with Gasteiger partial charge in [-0.25, -0.2) is 0 Å². The summed E-state index contributed by atoms with van der Waals surface area (Å²) in [5.74, 6) is -0.0782. The Morgan fingerprint density at radius 1 is 0.679 bits per heavy atom. The van der Waals surface area contributed by atoms with Crippen LogP contribution in [0.3, 0.4) is 0 Å². The minimum Gasteiger partial charge on any atom is -0.390 e. The molecule has 0 spiro atoms. The average molecular weight is 374 g/mol. The van der Waals surface area contributed by atoms with Crippen LogP contribution < -0.4 is 0 Å². The number of hydrogen-bond donors (Lipinski definition) is 2. The van der Waals surface area contributed by atoms with Crippen molar-refractivity contribution < 1.29 is 14.9 Å². The molecule has 1 aliphatic carbocycles. The van der Waals surface area contributed by atoms with Crippen molar-refractivity contribution in [2.45, 2.75) is 30.7 Å². The zero-order valence-electron chi connectivity index (χ0n) is 15.8. The van der Waals surface area contributed by atoms with Crippen molar-refractivity contribution in [3.8, 4) is 0 Å². The van der Waals surface area contributed by atoms with Gasteiger partial charge in [-0.3, -0.25) is 0 Å². The molecule has 3 aromatic rings. The summed E-state index contributed by atoms with van der Waals surface area (Å²) in [4.78, 5) is 0. The van der Waals surface area contributed by atoms with Gasteiger partial charge in [-0.15, -0.1) is 0 Å². The van der Waals surface area contributed by atoms with Crippen molar-refractivity contribution in [1.29, 1.82) is 0 Å². The molecule has 144 valence electrons. The van der Waals surface area contributed by atoms with Gasteiger partial charge in [0.05, 0.1) is 18.8 Å². The van der Waals surface area contributed by atoms with Crippen LogP contribution in [0.25, 0.3) is 0 Å². The summed E-state index contributed by atoms with van der Waals surface area (Å²) in [6, 6.07) is 30.6. The van der Waals surface area contributed by atoms with Crippen LogP contribution >= 0.6 is 0 Å². The normalized spacial score (nSPS) is 22.3. The standard InChI is InChI=1S/C25H26O3/c26-23-17-16-19(24(23)27)18-28-25(20-10-4-1-5-11-20,21-12-6-2-7-13-21)22-14-8-3-9-15-22/h1-15,19,23-24,26-27H,16-18H2/t19-,23-,24+/m1/s1. The molecule has 0 aliphatic heterocycles. The Kier molecular flexibility index (Phi) is 5.58. The number of aliphatic hydroxyl groups is 2. The van der Waals surface area contributed by atoms with E-state index in [2.05, 4.69) is 36.4 Å². The Labute approximate surface area is 166 Å². The fraction of sp³-hybridized carbons (Fsp3) is 0.280. The Morgan fingerprint density at radius 2 is 1.11 bits per heavy atom. The van der Waals surface area contributed by atoms with Crippen molar-refractivity contribution in [1.82, 2.24) is 0 Å². The topological polar surface area (TPSA) is 49.7 Å². The van der Waals surface area contributed by atoms with Crippen molar-refractivity contribution in [2.24, 2.45) is 5.92 Å². The van der Waals surface area contributed by atoms with E-state index in [9.17, 15) is 10.2 Å². The minimum atomic E-state index is -0.781. The number of rotatable bonds is 6. The lowest BCUT2D eigenvalue weighted by molar-refractivity contribution is -0.0478. The fourth-order valence-electron chi connectivity index (χ4n) is 4.22. The summed E-state index contributed by atoms with van der Waals surface area (Å²) in [6.45, 7) is 0.372. The zero-order chi connectivity index (χ0) is 19.4. The predicted octanol–water partition coefficient (Wildman–Crippen LogP) is 4.13. The molecular formula is C25H26O3. The Balaban J connectivity index is 1.81. The van der Waals surface area contributed by atoms with Gasteiger partial charge in [0.15, 0.2) is 0 Å². The van der Waals surface area contributed by atoms with Crippen molar-refractivity contribution >= 4 is 0 Å². The summed E-state index contributed by atoms with van der Waals surface area (Å²) in [6.07, 6.45) is -0.0192. The second kappa shape index (κ2) is 8.27. The molecule has 0 unspecified atom stereocenters. The molecule has 3 heteroatoms. The van der Waals surface area contributed by atoms with E-state index in [1.165, 1.54) is 0 Å². The smallest absolute Gasteiger partial charge is 0.143 e. The van der Waals surface area contributed by atoms with Crippen molar-refractivity contribution in [2.75, 3.05) is 6.61 Å². The quantitative estimate of drug-likeness (QED) is 0.638. The van der Waals surface area contributed by atoms with Crippen LogP contribution in [0.5, 0.6) is 0 Å². The maximum atomic E-state index is 10.3. The first kappa shape index (κ1) is 18.9. The molecule has 1 fully saturated rings. The van der Waals surface area contributed by atoms with Gasteiger partial charge in [-0.05, 0) is 29.5 Å². The first-order chi connectivity index (χ1) is 13.7. The molecule has 3 atom stereocenters. The average Bonchev–Trinajstić information content (AvgIpc) is 3.09. The molecule has 28 heavy (non-hydrogen) atoms. The molecule has 0 bridgehead atoms. The first-order valence-corrected chi connectivity index (χ1v) is 9.88. The van der Waals surface area contributed by atoms with E-state index >= 15 is 0 Å². The first-order valence-electron chi connectivity index (χ1n) is 9.88. The van der Waals surface area contributed by atoms with Gasteiger partial charge >= 0.3 is 0 Å². The molecule has 3 nitrogen and oxygen atoms in total. The molecule has 0 saturated heterocycles. The minimum absolute atomic E-state index is 0.0782. The number of hydrogen-bond acceptors (Lipinski definition) is 3. The molecule has 4 rings (SSSR count). The number of benzene rings is 3. The monoisotopic (exact) mass is 374 g/mol. The van der Waals surface area contributed by atoms with Gasteiger partial charge in [0, 0.05) is 5.92 Å². The summed E-state index contributed by atoms with van der Waals surface area (Å²) < 4.78 is 6.72. The highest BCUT2D eigenvalue weighted by Crippen LogP contribution is 2.41. The van der Waals surface area contributed by atoms with E-state index in [0.717, 1.165) is 23.1 Å². The molecule has 0 aromatic heterocycles. The van der Waals surface area contributed by atoms with Crippen LogP contribution in [0.2, 0.25) is 0 Å². The summed E-state index contributed by atoms with van der Waals surface area (Å²) in [5.41, 5.74) is 2.35. The molecule has 0 amide bonds. The lowest BCUT2D eigenvalue weighted by atomic mass is 9.80. The van der Waals surface area contributed by atoms with Gasteiger partial charge in [0.1, 0.15) is 5.60 Å². The van der Waals surface area contributed by atoms with Gasteiger partial charge in [0.2, 0.25) is 0 Å². The van der Waals surface area contributed by atoms with E-state index in [4.69, 9.17) is 4.74 Å². The highest BCUT2D eigenvalue weighted by molar-refractivity contribution is 5.47. The molecule has 1 aliphatic rings. The third-order valence-electron chi connectivity index (χ3n) is 5.77. The second-order valence-corrected chi connectivity index (χ2v) is 7.49. The second-order valence-electron chi connectivity index (χ2n) is 7.49. The van der Waals surface area contributed by atoms with E-state index in [-0.39, 0.29) is 5.92 Å². The number of aliphatic hydroxyl groups excluding tert-OH is 2. The largest absolute Gasteiger partial charge is 0.390 e. The summed E-state index contributed by atoms with van der Waals surface area (Å²) >= 11 is 0. The molecule has 0 radical (unpaired) electrons. The molecule has 3 aromatic carbocycles. The van der Waals surface area contributed by atoms with Crippen LogP contribution in [0.1, 0.15) is 29.5 Å². The van der Waals surface area contributed by atoms with Crippen molar-refractivity contribution in [3.63, 3.8) is 0 Å². The van der Waals surface area contributed by atoms with Crippen LogP contribution in [0.15, 0.2) is 91.0 Å². The SMILES string of the molecule is O[C@H]1[C@@H](COC(c2ccccc2)(c2ccccc2)c2ccccc2)CC[C@H]1O. The van der Waals surface area contributed by atoms with Crippen LogP contribution in [0.4, 0.5) is 0 Å². The van der Waals surface area contributed by atoms with E-state index in [1.54, 1.807) is 0 Å². The Hall–Kier alpha value is -2.46. The zero-order valence-corrected chi connectivity index (χ0v) is 15.8. The van der Waals surface area contributed by atoms with Crippen LogP contribution in [0, 0.1) is 5.92 Å². The number of ether oxygens (including phenoxy) is 1. The molecule has 2 N–H and O–H groups in total. The van der Waals surface area contributed by atoms with E-state index in [1.807, 2.05) is 54.6 Å². The summed E-state index contributed by atoms with van der Waals surface area (Å²) in [5, 5.41) is 20.3. The van der Waals surface area contributed by atoms with Gasteiger partial charge in [-0.1, -0.05) is 91.0 Å². The lowest BCUT2D eigenvalue weighted by Gasteiger charge is -2.37. The molecule has 1 saturated carbocycles. The van der Waals surface area contributed by atoms with Crippen LogP contribution in [-0.4, -0.2) is 29.0 Å². The Morgan fingerprint density at radius 3 is 1.46 bits per heavy atom. The Bertz CT molecular complexity index is 767. The lowest BCUT2D eigenvalue weighted by Crippen LogP contribution is -2.37. The third-order valence-corrected chi connectivity index (χ3v) is 5.77. The third kappa shape index (κ3) is 3.49. The van der Waals surface area contributed by atoms with E-state index < -0.39 is 17.8 Å². The maximum Gasteiger partial charge on any atom is 0.143 e. The highest BCUT2D eigenvalue weighted by atomic mass is 16.5. The molecule has 0 heterocycles. The predicted molar refractivity (Wildman–Crippen MR) is 110 cm³/mol. The van der Waals surface area contributed by atoms with E-state index in [0.29, 0.717) is 13.0 Å². The van der Waals surface area contributed by atoms with Gasteiger partial charge in [-0.2, -0.15) is 0 Å². The van der Waals surface area contributed by atoms with Gasteiger partial charge in [0.25, 0.3) is 0 Å². The summed E-state index contributed by atoms with van der Waals surface area (Å²) in [7, 11) is 0. The van der Waals surface area contributed by atoms with Crippen molar-refractivity contribution in [3.05, 3.63) is 108 Å². The maximum absolute atomic E-state index is 10.3. The van der Waals surface area contributed by atoms with Gasteiger partial charge < -0.3 is 14.9 Å². The van der Waals surface area contributed by atoms with Crippen LogP contribution in [-0.2, 0) is 10.3 Å². The fourth-order valence-corrected chi connectivity index (χ4v) is 4.22. The highest BCUT2D eigenvalue weighted by Gasteiger charge is 2.40. The molecular weight excluding hydrogens is 348 g/mol.